The van der Waals surface area contributed by atoms with E-state index in [2.05, 4.69) is 62.2 Å². The Bertz CT molecular complexity index is 558. The number of rotatable bonds is 2. The number of thioether (sulfide) groups is 2. The Morgan fingerprint density at radius 3 is 2.62 bits per heavy atom. The van der Waals surface area contributed by atoms with Crippen molar-refractivity contribution in [2.75, 3.05) is 12.3 Å². The van der Waals surface area contributed by atoms with Gasteiger partial charge in [-0.05, 0) is 47.0 Å². The predicted octanol–water partition coefficient (Wildman–Crippen LogP) is 3.27. The molecule has 3 rings (SSSR count). The van der Waals surface area contributed by atoms with Crippen molar-refractivity contribution in [2.45, 2.75) is 58.2 Å². The van der Waals surface area contributed by atoms with Crippen LogP contribution in [0, 0.1) is 0 Å². The van der Waals surface area contributed by atoms with E-state index in [9.17, 15) is 0 Å². The number of hydrogen-bond acceptors (Lipinski definition) is 6. The molecule has 0 saturated heterocycles. The van der Waals surface area contributed by atoms with Crippen LogP contribution in [0.15, 0.2) is 21.1 Å². The monoisotopic (exact) mass is 324 g/mol. The first kappa shape index (κ1) is 15.3. The van der Waals surface area contributed by atoms with Gasteiger partial charge in [-0.2, -0.15) is 0 Å². The summed E-state index contributed by atoms with van der Waals surface area (Å²) in [6.07, 6.45) is 0. The highest BCUT2D eigenvalue weighted by Crippen LogP contribution is 2.46. The number of nitrogens with zero attached hydrogens (tertiary/aromatic N) is 3. The summed E-state index contributed by atoms with van der Waals surface area (Å²) >= 11 is 3.54. The van der Waals surface area contributed by atoms with E-state index in [1.165, 1.54) is 5.70 Å². The van der Waals surface area contributed by atoms with E-state index in [1.807, 2.05) is 0 Å². The molecule has 21 heavy (non-hydrogen) atoms. The zero-order valence-electron chi connectivity index (χ0n) is 13.6. The second kappa shape index (κ2) is 4.69. The Labute approximate surface area is 135 Å². The molecule has 116 valence electrons. The third-order valence-corrected chi connectivity index (χ3v) is 6.45. The maximum Gasteiger partial charge on any atom is 0.169 e. The third kappa shape index (κ3) is 2.50. The van der Waals surface area contributed by atoms with E-state index in [0.29, 0.717) is 0 Å². The summed E-state index contributed by atoms with van der Waals surface area (Å²) in [5.74, 6) is 0.938. The predicted molar refractivity (Wildman–Crippen MR) is 95.1 cm³/mol. The quantitative estimate of drug-likeness (QED) is 0.846. The summed E-state index contributed by atoms with van der Waals surface area (Å²) < 4.78 is 0. The molecule has 1 N–H and O–H groups in total. The second-order valence-corrected chi connectivity index (χ2v) is 9.29. The molecule has 6 heteroatoms. The van der Waals surface area contributed by atoms with Gasteiger partial charge in [-0.25, -0.2) is 0 Å². The van der Waals surface area contributed by atoms with Crippen molar-refractivity contribution in [3.63, 3.8) is 0 Å². The fraction of sp³-hybridized carbons (Fsp3) is 0.733. The lowest BCUT2D eigenvalue weighted by molar-refractivity contribution is 0.195. The average Bonchev–Trinajstić information content (AvgIpc) is 2.93. The molecule has 0 aliphatic carbocycles. The molecule has 0 amide bonds. The summed E-state index contributed by atoms with van der Waals surface area (Å²) in [6, 6.07) is 0. The molecule has 3 heterocycles. The van der Waals surface area contributed by atoms with E-state index in [-0.39, 0.29) is 16.6 Å². The van der Waals surface area contributed by atoms with Gasteiger partial charge in [-0.3, -0.25) is 9.98 Å². The lowest BCUT2D eigenvalue weighted by Crippen LogP contribution is -2.51. The summed E-state index contributed by atoms with van der Waals surface area (Å²) in [5, 5.41) is 7.92. The molecule has 3 aliphatic heterocycles. The molecular formula is C15H24N4S2. The Balaban J connectivity index is 1.68. The lowest BCUT2D eigenvalue weighted by atomic mass is 9.83. The number of fused-ring (bicyclic) bond motifs is 1. The van der Waals surface area contributed by atoms with Gasteiger partial charge >= 0.3 is 0 Å². The molecule has 0 fully saturated rings. The summed E-state index contributed by atoms with van der Waals surface area (Å²) in [7, 11) is 0. The SMILES string of the molecule is CC1(C)CN=C(SCC2=CSC3=NC(C)(C)C(C)(C)N23)N1. The molecule has 0 unspecified atom stereocenters. The number of nitrogens with one attached hydrogen (secondary N) is 1. The second-order valence-electron chi connectivity index (χ2n) is 7.49. The van der Waals surface area contributed by atoms with Crippen molar-refractivity contribution in [1.82, 2.24) is 10.2 Å². The van der Waals surface area contributed by atoms with Gasteiger partial charge in [0.2, 0.25) is 0 Å². The summed E-state index contributed by atoms with van der Waals surface area (Å²) in [5.41, 5.74) is 1.41. The topological polar surface area (TPSA) is 40.0 Å². The van der Waals surface area contributed by atoms with Crippen LogP contribution in [0.3, 0.4) is 0 Å². The minimum atomic E-state index is -0.0510. The van der Waals surface area contributed by atoms with Crippen LogP contribution in [-0.4, -0.2) is 44.1 Å². The van der Waals surface area contributed by atoms with Crippen molar-refractivity contribution in [2.24, 2.45) is 9.98 Å². The van der Waals surface area contributed by atoms with Crippen molar-refractivity contribution in [3.05, 3.63) is 11.1 Å². The number of hydrogen-bond donors (Lipinski definition) is 1. The van der Waals surface area contributed by atoms with Gasteiger partial charge in [-0.15, -0.1) is 0 Å². The Morgan fingerprint density at radius 2 is 2.00 bits per heavy atom. The number of aliphatic imine (C=N–C) groups is 2. The minimum Gasteiger partial charge on any atom is -0.358 e. The third-order valence-electron chi connectivity index (χ3n) is 4.63. The van der Waals surface area contributed by atoms with Crippen LogP contribution in [0.5, 0.6) is 0 Å². The molecule has 0 radical (unpaired) electrons. The van der Waals surface area contributed by atoms with Crippen LogP contribution in [-0.2, 0) is 0 Å². The first-order chi connectivity index (χ1) is 9.62. The van der Waals surface area contributed by atoms with Crippen LogP contribution in [0.2, 0.25) is 0 Å². The normalized spacial score (nSPS) is 27.9. The number of amidine groups is 2. The molecule has 3 aliphatic rings. The zero-order valence-corrected chi connectivity index (χ0v) is 15.3. The highest BCUT2D eigenvalue weighted by molar-refractivity contribution is 8.17. The Kier molecular flexibility index (Phi) is 3.41. The van der Waals surface area contributed by atoms with E-state index >= 15 is 0 Å². The standard InChI is InChI=1S/C15H24N4S2/c1-13(2)9-16-11(17-13)20-7-10-8-21-12-18-14(3,4)15(5,6)19(10)12/h8H,7,9H2,1-6H3,(H,16,17). The summed E-state index contributed by atoms with van der Waals surface area (Å²) in [4.78, 5) is 11.9. The van der Waals surface area contributed by atoms with Gasteiger partial charge in [0.05, 0.1) is 23.2 Å². The smallest absolute Gasteiger partial charge is 0.169 e. The van der Waals surface area contributed by atoms with E-state index < -0.39 is 0 Å². The van der Waals surface area contributed by atoms with Crippen LogP contribution in [0.25, 0.3) is 0 Å². The van der Waals surface area contributed by atoms with Crippen LogP contribution in [0.1, 0.15) is 41.5 Å². The van der Waals surface area contributed by atoms with Gasteiger partial charge in [0.25, 0.3) is 0 Å². The Morgan fingerprint density at radius 1 is 1.29 bits per heavy atom. The van der Waals surface area contributed by atoms with E-state index in [4.69, 9.17) is 4.99 Å². The zero-order chi connectivity index (χ0) is 15.5. The molecule has 4 nitrogen and oxygen atoms in total. The van der Waals surface area contributed by atoms with Crippen LogP contribution >= 0.6 is 23.5 Å². The van der Waals surface area contributed by atoms with Gasteiger partial charge < -0.3 is 10.2 Å². The molecule has 0 bridgehead atoms. The van der Waals surface area contributed by atoms with Crippen molar-refractivity contribution in [3.8, 4) is 0 Å². The summed E-state index contributed by atoms with van der Waals surface area (Å²) in [6.45, 7) is 14.2. The van der Waals surface area contributed by atoms with Crippen molar-refractivity contribution < 1.29 is 0 Å². The van der Waals surface area contributed by atoms with Crippen LogP contribution < -0.4 is 5.32 Å². The van der Waals surface area contributed by atoms with Crippen molar-refractivity contribution >= 4 is 33.9 Å². The lowest BCUT2D eigenvalue weighted by Gasteiger charge is -2.40. The van der Waals surface area contributed by atoms with Gasteiger partial charge in [0.15, 0.2) is 10.3 Å². The molecule has 0 saturated carbocycles. The highest BCUT2D eigenvalue weighted by Gasteiger charge is 2.51. The van der Waals surface area contributed by atoms with E-state index in [1.54, 1.807) is 23.5 Å². The van der Waals surface area contributed by atoms with Gasteiger partial charge in [-0.1, -0.05) is 23.5 Å². The first-order valence-electron chi connectivity index (χ1n) is 7.34. The minimum absolute atomic E-state index is 0.0163. The Hall–Kier alpha value is -0.620. The molecule has 0 aromatic carbocycles. The fourth-order valence-corrected chi connectivity index (χ4v) is 4.90. The first-order valence-corrected chi connectivity index (χ1v) is 9.20. The molecule has 0 aromatic heterocycles. The van der Waals surface area contributed by atoms with E-state index in [0.717, 1.165) is 22.6 Å². The highest BCUT2D eigenvalue weighted by atomic mass is 32.2. The maximum atomic E-state index is 4.89. The molecule has 0 aromatic rings. The molecule has 0 spiro atoms. The maximum absolute atomic E-state index is 4.89. The van der Waals surface area contributed by atoms with Crippen LogP contribution in [0.4, 0.5) is 0 Å². The average molecular weight is 325 g/mol. The fourth-order valence-electron chi connectivity index (χ4n) is 2.63. The molecular weight excluding hydrogens is 300 g/mol. The molecule has 0 atom stereocenters. The van der Waals surface area contributed by atoms with Gasteiger partial charge in [0, 0.05) is 11.4 Å². The van der Waals surface area contributed by atoms with Crippen molar-refractivity contribution in [1.29, 1.82) is 0 Å². The van der Waals surface area contributed by atoms with Gasteiger partial charge in [0.1, 0.15) is 0 Å². The largest absolute Gasteiger partial charge is 0.358 e.